The summed E-state index contributed by atoms with van der Waals surface area (Å²) in [5.41, 5.74) is 7.25. The summed E-state index contributed by atoms with van der Waals surface area (Å²) >= 11 is 0. The molecule has 6 heteroatoms. The van der Waals surface area contributed by atoms with E-state index >= 15 is 0 Å². The van der Waals surface area contributed by atoms with Crippen LogP contribution in [0, 0.1) is 5.92 Å². The summed E-state index contributed by atoms with van der Waals surface area (Å²) in [7, 11) is 1.56. The van der Waals surface area contributed by atoms with Crippen molar-refractivity contribution in [2.24, 2.45) is 5.92 Å². The van der Waals surface area contributed by atoms with Crippen molar-refractivity contribution in [3.63, 3.8) is 0 Å². The molecule has 0 spiro atoms. The van der Waals surface area contributed by atoms with Gasteiger partial charge in [0.25, 0.3) is 0 Å². The van der Waals surface area contributed by atoms with Crippen molar-refractivity contribution in [2.75, 3.05) is 25.9 Å². The van der Waals surface area contributed by atoms with Gasteiger partial charge in [0, 0.05) is 23.9 Å². The Morgan fingerprint density at radius 1 is 1.30 bits per heavy atom. The molecular formula is C14H19F3N2O. The normalized spacial score (nSPS) is 18.2. The van der Waals surface area contributed by atoms with Crippen LogP contribution in [-0.2, 0) is 6.54 Å². The number of nitrogens with zero attached hydrogens (tertiary/aromatic N) is 1. The van der Waals surface area contributed by atoms with Gasteiger partial charge in [-0.3, -0.25) is 4.90 Å². The highest BCUT2D eigenvalue weighted by molar-refractivity contribution is 5.48. The predicted octanol–water partition coefficient (Wildman–Crippen LogP) is 3.05. The molecule has 20 heavy (non-hydrogen) atoms. The van der Waals surface area contributed by atoms with Crippen LogP contribution >= 0.6 is 0 Å². The number of nitrogen functional groups attached to an aromatic ring is 1. The monoisotopic (exact) mass is 288 g/mol. The standard InChI is InChI=1S/C14H19F3N2O/c1-20-13-8-12(18)3-2-10(13)9-19-6-4-11(5-7-19)14(15,16)17/h2-3,8,11H,4-7,9,18H2,1H3. The molecule has 0 bridgehead atoms. The van der Waals surface area contributed by atoms with Gasteiger partial charge >= 0.3 is 6.18 Å². The van der Waals surface area contributed by atoms with Crippen molar-refractivity contribution >= 4 is 5.69 Å². The van der Waals surface area contributed by atoms with Gasteiger partial charge in [0.1, 0.15) is 5.75 Å². The van der Waals surface area contributed by atoms with Crippen molar-refractivity contribution in [3.8, 4) is 5.75 Å². The zero-order valence-electron chi connectivity index (χ0n) is 11.4. The van der Waals surface area contributed by atoms with Gasteiger partial charge in [-0.25, -0.2) is 0 Å². The van der Waals surface area contributed by atoms with Gasteiger partial charge in [-0.1, -0.05) is 6.07 Å². The van der Waals surface area contributed by atoms with Crippen LogP contribution < -0.4 is 10.5 Å². The van der Waals surface area contributed by atoms with Gasteiger partial charge in [0.15, 0.2) is 0 Å². The molecule has 1 aromatic carbocycles. The number of likely N-dealkylation sites (tertiary alicyclic amines) is 1. The number of alkyl halides is 3. The maximum atomic E-state index is 12.6. The first kappa shape index (κ1) is 15.0. The van der Waals surface area contributed by atoms with Gasteiger partial charge in [0.2, 0.25) is 0 Å². The Morgan fingerprint density at radius 2 is 1.95 bits per heavy atom. The third kappa shape index (κ3) is 3.56. The maximum Gasteiger partial charge on any atom is 0.391 e. The first-order chi connectivity index (χ1) is 9.40. The van der Waals surface area contributed by atoms with E-state index in [1.165, 1.54) is 0 Å². The number of rotatable bonds is 3. The van der Waals surface area contributed by atoms with Gasteiger partial charge in [-0.2, -0.15) is 13.2 Å². The Balaban J connectivity index is 1.96. The number of methoxy groups -OCH3 is 1. The fraction of sp³-hybridized carbons (Fsp3) is 0.571. The van der Waals surface area contributed by atoms with Gasteiger partial charge in [0.05, 0.1) is 13.0 Å². The van der Waals surface area contributed by atoms with E-state index in [4.69, 9.17) is 10.5 Å². The number of halogens is 3. The summed E-state index contributed by atoms with van der Waals surface area (Å²) in [6.07, 6.45) is -3.73. The molecule has 2 N–H and O–H groups in total. The Hall–Kier alpha value is -1.43. The molecule has 1 heterocycles. The van der Waals surface area contributed by atoms with Crippen LogP contribution in [-0.4, -0.2) is 31.3 Å². The molecule has 1 fully saturated rings. The SMILES string of the molecule is COc1cc(N)ccc1CN1CCC(C(F)(F)F)CC1. The van der Waals surface area contributed by atoms with E-state index < -0.39 is 12.1 Å². The average Bonchev–Trinajstić information content (AvgIpc) is 2.40. The summed E-state index contributed by atoms with van der Waals surface area (Å²) in [6.45, 7) is 1.50. The first-order valence-corrected chi connectivity index (χ1v) is 6.61. The molecule has 112 valence electrons. The number of nitrogens with two attached hydrogens (primary N) is 1. The molecular weight excluding hydrogens is 269 g/mol. The lowest BCUT2D eigenvalue weighted by Gasteiger charge is -2.33. The van der Waals surface area contributed by atoms with Crippen LogP contribution in [0.4, 0.5) is 18.9 Å². The van der Waals surface area contributed by atoms with Crippen LogP contribution in [0.2, 0.25) is 0 Å². The van der Waals surface area contributed by atoms with E-state index in [0.717, 1.165) is 5.56 Å². The molecule has 0 radical (unpaired) electrons. The molecule has 0 saturated carbocycles. The second-order valence-corrected chi connectivity index (χ2v) is 5.16. The Kier molecular flexibility index (Phi) is 4.42. The van der Waals surface area contributed by atoms with Gasteiger partial charge in [-0.15, -0.1) is 0 Å². The van der Waals surface area contributed by atoms with Crippen LogP contribution in [0.15, 0.2) is 18.2 Å². The van der Waals surface area contributed by atoms with Crippen LogP contribution in [0.5, 0.6) is 5.75 Å². The fourth-order valence-corrected chi connectivity index (χ4v) is 2.55. The molecule has 0 aromatic heterocycles. The zero-order valence-corrected chi connectivity index (χ0v) is 11.4. The number of benzene rings is 1. The van der Waals surface area contributed by atoms with E-state index in [0.29, 0.717) is 31.1 Å². The number of piperidine rings is 1. The van der Waals surface area contributed by atoms with Crippen LogP contribution in [0.25, 0.3) is 0 Å². The number of hydrogen-bond acceptors (Lipinski definition) is 3. The minimum atomic E-state index is -4.06. The Morgan fingerprint density at radius 3 is 2.50 bits per heavy atom. The summed E-state index contributed by atoms with van der Waals surface area (Å²) in [5, 5.41) is 0. The number of anilines is 1. The molecule has 0 amide bonds. The lowest BCUT2D eigenvalue weighted by molar-refractivity contribution is -0.185. The van der Waals surface area contributed by atoms with Gasteiger partial charge < -0.3 is 10.5 Å². The minimum Gasteiger partial charge on any atom is -0.496 e. The van der Waals surface area contributed by atoms with E-state index in [9.17, 15) is 13.2 Å². The lowest BCUT2D eigenvalue weighted by Crippen LogP contribution is -2.38. The molecule has 1 saturated heterocycles. The molecule has 1 aliphatic rings. The highest BCUT2D eigenvalue weighted by Crippen LogP contribution is 2.34. The van der Waals surface area contributed by atoms with Crippen LogP contribution in [0.3, 0.4) is 0 Å². The summed E-state index contributed by atoms with van der Waals surface area (Å²) in [4.78, 5) is 2.02. The van der Waals surface area contributed by atoms with Crippen molar-refractivity contribution in [1.29, 1.82) is 0 Å². The van der Waals surface area contributed by atoms with Crippen molar-refractivity contribution < 1.29 is 17.9 Å². The molecule has 0 atom stereocenters. The topological polar surface area (TPSA) is 38.5 Å². The van der Waals surface area contributed by atoms with E-state index in [2.05, 4.69) is 0 Å². The van der Waals surface area contributed by atoms with Gasteiger partial charge in [-0.05, 0) is 32.0 Å². The summed E-state index contributed by atoms with van der Waals surface area (Å²) in [6, 6.07) is 5.38. The van der Waals surface area contributed by atoms with Crippen molar-refractivity contribution in [1.82, 2.24) is 4.90 Å². The maximum absolute atomic E-state index is 12.6. The van der Waals surface area contributed by atoms with Crippen molar-refractivity contribution in [3.05, 3.63) is 23.8 Å². The molecule has 0 aliphatic carbocycles. The highest BCUT2D eigenvalue weighted by Gasteiger charge is 2.40. The highest BCUT2D eigenvalue weighted by atomic mass is 19.4. The Bertz CT molecular complexity index is 454. The number of ether oxygens (including phenoxy) is 1. The largest absolute Gasteiger partial charge is 0.496 e. The fourth-order valence-electron chi connectivity index (χ4n) is 2.55. The zero-order chi connectivity index (χ0) is 14.8. The minimum absolute atomic E-state index is 0.167. The van der Waals surface area contributed by atoms with E-state index in [1.807, 2.05) is 11.0 Å². The molecule has 1 aliphatic heterocycles. The third-order valence-corrected chi connectivity index (χ3v) is 3.76. The number of hydrogen-bond donors (Lipinski definition) is 1. The second-order valence-electron chi connectivity index (χ2n) is 5.16. The summed E-state index contributed by atoms with van der Waals surface area (Å²) in [5.74, 6) is -0.477. The average molecular weight is 288 g/mol. The smallest absolute Gasteiger partial charge is 0.391 e. The first-order valence-electron chi connectivity index (χ1n) is 6.61. The second kappa shape index (κ2) is 5.91. The Labute approximate surface area is 116 Å². The van der Waals surface area contributed by atoms with E-state index in [-0.39, 0.29) is 12.8 Å². The molecule has 2 rings (SSSR count). The molecule has 0 unspecified atom stereocenters. The summed E-state index contributed by atoms with van der Waals surface area (Å²) < 4.78 is 43.1. The molecule has 3 nitrogen and oxygen atoms in total. The predicted molar refractivity (Wildman–Crippen MR) is 71.5 cm³/mol. The van der Waals surface area contributed by atoms with Crippen LogP contribution in [0.1, 0.15) is 18.4 Å². The quantitative estimate of drug-likeness (QED) is 0.869. The van der Waals surface area contributed by atoms with E-state index in [1.54, 1.807) is 19.2 Å². The van der Waals surface area contributed by atoms with Crippen molar-refractivity contribution in [2.45, 2.75) is 25.6 Å². The molecule has 1 aromatic rings. The lowest BCUT2D eigenvalue weighted by atomic mass is 9.96. The third-order valence-electron chi connectivity index (χ3n) is 3.76.